The van der Waals surface area contributed by atoms with Crippen molar-refractivity contribution in [2.75, 3.05) is 92.2 Å². The molecule has 0 spiro atoms. The normalized spacial score (nSPS) is 17.5. The van der Waals surface area contributed by atoms with E-state index in [1.807, 2.05) is 148 Å². The number of carbonyl (C=O) groups excluding carboxylic acids is 4. The van der Waals surface area contributed by atoms with Crippen LogP contribution >= 0.6 is 58.0 Å². The van der Waals surface area contributed by atoms with Gasteiger partial charge >= 0.3 is 24.4 Å². The summed E-state index contributed by atoms with van der Waals surface area (Å²) in [4.78, 5) is 75.4. The molecule has 6 aliphatic rings. The van der Waals surface area contributed by atoms with Crippen molar-refractivity contribution >= 4 is 137 Å². The van der Waals surface area contributed by atoms with Gasteiger partial charge in [0.15, 0.2) is 0 Å². The molecule has 7 atom stereocenters. The molecule has 1 saturated heterocycles. The number of hydrogen-bond donors (Lipinski definition) is 12. The smallest absolute Gasteiger partial charge is 0.411 e. The SMILES string of the molecule is CC(C)(C)OC(=O)N1CCc2c([nH]c3ccc(Cl)cc23)[C@@H]1c1ccc(O)cc1.CCOC(=O)N1CCc2c([nH]c3ccc(Cl)cc23)[C@@H]1c1ccc(O)cc1.CCOC(=O)N1CCc2c([nH]c3ccc(Cl)cc23)[C@@H]1c1ccc(OC[C@@H](O)CO)cc1.CCOC(=O)N1CCc2c([nH]c3ccc(Cl)cc23)[C@@H]1c1ccc(OC[C@H](O)CO)cc1.Clc1ccc2[nH]c3c(c2c1)CCNC3c1ccc(OC2CCOCC2)cc1. The van der Waals surface area contributed by atoms with E-state index in [2.05, 4.69) is 66.6 Å². The first-order valence-corrected chi connectivity index (χ1v) is 50.0. The first-order chi connectivity index (χ1) is 69.1. The van der Waals surface area contributed by atoms with E-state index in [4.69, 9.17) is 106 Å². The molecule has 0 bridgehead atoms. The molecule has 15 aromatic rings. The van der Waals surface area contributed by atoms with E-state index in [1.165, 1.54) is 27.8 Å². The van der Waals surface area contributed by atoms with Crippen LogP contribution in [-0.2, 0) is 55.8 Å². The van der Waals surface area contributed by atoms with Gasteiger partial charge in [-0.1, -0.05) is 119 Å². The second-order valence-corrected chi connectivity index (χ2v) is 38.9. The summed E-state index contributed by atoms with van der Waals surface area (Å²) in [5.74, 6) is 2.45. The van der Waals surface area contributed by atoms with Crippen LogP contribution in [0.3, 0.4) is 0 Å². The molecule has 33 heteroatoms. The van der Waals surface area contributed by atoms with Crippen LogP contribution in [0.1, 0.15) is 169 Å². The summed E-state index contributed by atoms with van der Waals surface area (Å²) in [5.41, 5.74) is 20.4. The van der Waals surface area contributed by atoms with Crippen LogP contribution in [0.15, 0.2) is 212 Å². The standard InChI is InChI=1S/2C23H25ClN2O5.C22H23ClN2O3.C22H23ClN2O2.C20H19ClN2O3/c2*1-2-30-23(29)26-10-9-18-19-11-15(24)5-8-20(19)25-21(18)22(26)14-3-6-17(7-4-14)31-13-16(28)12-27;1-22(2,3)28-21(27)25-11-10-16-17-12-14(23)6-9-18(17)24-19(16)20(25)13-4-7-15(26)8-5-13;23-15-3-6-20-19(13-15)18-7-10-24-21(22(18)25-20)14-1-4-16(5-2-14)27-17-8-11-26-12-9-17;1-2-26-20(25)23-10-9-15-16-11-13(21)5-8-17(16)22-18(15)19(23)12-3-6-14(24)7-4-12/h2*3-8,11,16,22,25,27-28H,2,9-10,12-13H2,1H3;4-9,12,20,24,26H,10-11H2,1-3H3;1-6,13,17,21,24-25H,7-12H2;3-8,11,19,22,24H,2,9-10H2,1H3/t16-,22+;16-,22-;20-;;19-/m100.0/s1. The van der Waals surface area contributed by atoms with E-state index < -0.39 is 17.8 Å². The molecular formula is C110H115Cl5N10O18. The molecule has 10 aromatic carbocycles. The average molecular weight is 2040 g/mol. The predicted octanol–water partition coefficient (Wildman–Crippen LogP) is 22.0. The first kappa shape index (κ1) is 102. The number of ether oxygens (including phenoxy) is 8. The first-order valence-electron chi connectivity index (χ1n) is 48.1. The zero-order chi connectivity index (χ0) is 100. The van der Waals surface area contributed by atoms with E-state index in [-0.39, 0.29) is 98.6 Å². The molecule has 5 aromatic heterocycles. The van der Waals surface area contributed by atoms with E-state index in [0.717, 1.165) is 167 Å². The number of H-pyrrole nitrogens is 5. The summed E-state index contributed by atoms with van der Waals surface area (Å²) in [6.45, 7) is 15.9. The molecule has 1 unspecified atom stereocenters. The van der Waals surface area contributed by atoms with Crippen LogP contribution < -0.4 is 19.5 Å². The fourth-order valence-electron chi connectivity index (χ4n) is 19.7. The monoisotopic (exact) mass is 2040 g/mol. The molecule has 143 heavy (non-hydrogen) atoms. The number of aromatic nitrogens is 5. The van der Waals surface area contributed by atoms with Gasteiger partial charge in [-0.3, -0.25) is 19.6 Å². The van der Waals surface area contributed by atoms with Crippen molar-refractivity contribution in [3.8, 4) is 28.7 Å². The van der Waals surface area contributed by atoms with Crippen molar-refractivity contribution in [2.45, 2.75) is 141 Å². The minimum Gasteiger partial charge on any atom is -0.508 e. The molecule has 0 aliphatic carbocycles. The Balaban J connectivity index is 0.000000123. The number of aromatic hydroxyl groups is 2. The van der Waals surface area contributed by atoms with E-state index >= 15 is 0 Å². The quantitative estimate of drug-likeness (QED) is 0.0355. The Kier molecular flexibility index (Phi) is 32.3. The number of phenols is 2. The number of nitrogens with zero attached hydrogens (tertiary/aromatic N) is 4. The lowest BCUT2D eigenvalue weighted by Gasteiger charge is -2.37. The van der Waals surface area contributed by atoms with Crippen molar-refractivity contribution in [2.24, 2.45) is 0 Å². The lowest BCUT2D eigenvalue weighted by molar-refractivity contribution is 0.0174. The molecule has 748 valence electrons. The Bertz CT molecular complexity index is 6830. The second kappa shape index (κ2) is 45.4. The van der Waals surface area contributed by atoms with Gasteiger partial charge in [-0.2, -0.15) is 0 Å². The molecule has 0 saturated carbocycles. The number of amides is 4. The fraction of sp³-hybridized carbons (Fsp3) is 0.327. The number of fused-ring (bicyclic) bond motifs is 15. The highest BCUT2D eigenvalue weighted by Crippen LogP contribution is 2.47. The van der Waals surface area contributed by atoms with E-state index in [9.17, 15) is 39.6 Å². The number of phenolic OH excluding ortho intramolecular Hbond substituents is 2. The van der Waals surface area contributed by atoms with E-state index in [1.54, 1.807) is 88.9 Å². The predicted molar refractivity (Wildman–Crippen MR) is 554 cm³/mol. The van der Waals surface area contributed by atoms with Crippen molar-refractivity contribution < 1.29 is 87.7 Å². The largest absolute Gasteiger partial charge is 0.508 e. The van der Waals surface area contributed by atoms with E-state index in [0.29, 0.717) is 96.9 Å². The summed E-state index contributed by atoms with van der Waals surface area (Å²) in [6, 6.07) is 65.1. The van der Waals surface area contributed by atoms with Crippen LogP contribution in [0, 0.1) is 0 Å². The zero-order valence-electron chi connectivity index (χ0n) is 79.9. The third-order valence-corrected chi connectivity index (χ3v) is 27.4. The maximum atomic E-state index is 13.0. The van der Waals surface area contributed by atoms with Gasteiger partial charge < -0.3 is 98.8 Å². The number of aromatic amines is 5. The highest BCUT2D eigenvalue weighted by molar-refractivity contribution is 6.33. The molecule has 28 nitrogen and oxygen atoms in total. The summed E-state index contributed by atoms with van der Waals surface area (Å²) >= 11 is 31.1. The maximum absolute atomic E-state index is 13.0. The molecular weight excluding hydrogens is 1930 g/mol. The number of aliphatic hydroxyl groups is 4. The lowest BCUT2D eigenvalue weighted by Crippen LogP contribution is -2.43. The minimum absolute atomic E-state index is 0.00114. The molecule has 21 rings (SSSR count). The summed E-state index contributed by atoms with van der Waals surface area (Å²) < 4.78 is 44.1. The summed E-state index contributed by atoms with van der Waals surface area (Å²) in [5, 5.41) is 68.8. The maximum Gasteiger partial charge on any atom is 0.411 e. The molecule has 11 heterocycles. The Morgan fingerprint density at radius 1 is 0.385 bits per heavy atom. The number of halogens is 5. The number of hydrogen-bond acceptors (Lipinski definition) is 19. The van der Waals surface area contributed by atoms with Crippen molar-refractivity contribution in [3.05, 3.63) is 322 Å². The van der Waals surface area contributed by atoms with Crippen molar-refractivity contribution in [3.63, 3.8) is 0 Å². The van der Waals surface area contributed by atoms with Gasteiger partial charge in [0.1, 0.15) is 90.0 Å². The highest BCUT2D eigenvalue weighted by Gasteiger charge is 2.42. The van der Waals surface area contributed by atoms with Crippen LogP contribution in [0.4, 0.5) is 19.2 Å². The fourth-order valence-corrected chi connectivity index (χ4v) is 20.5. The highest BCUT2D eigenvalue weighted by atomic mass is 35.5. The van der Waals surface area contributed by atoms with Gasteiger partial charge in [-0.25, -0.2) is 19.2 Å². The third-order valence-electron chi connectivity index (χ3n) is 26.2. The number of nitrogens with one attached hydrogen (secondary N) is 6. The molecule has 0 radical (unpaired) electrons. The van der Waals surface area contributed by atoms with Gasteiger partial charge in [-0.15, -0.1) is 0 Å². The lowest BCUT2D eigenvalue weighted by atomic mass is 9.92. The Morgan fingerprint density at radius 2 is 0.671 bits per heavy atom. The molecule has 1 fully saturated rings. The minimum atomic E-state index is -0.932. The van der Waals surface area contributed by atoms with Gasteiger partial charge in [0.05, 0.1) is 52.3 Å². The second-order valence-electron chi connectivity index (χ2n) is 36.7. The van der Waals surface area contributed by atoms with Gasteiger partial charge in [0.25, 0.3) is 0 Å². The van der Waals surface area contributed by atoms with Crippen LogP contribution in [-0.4, -0.2) is 216 Å². The number of aliphatic hydroxyl groups excluding tert-OH is 4. The summed E-state index contributed by atoms with van der Waals surface area (Å²) in [6.07, 6.45) is 2.77. The molecule has 4 amide bonds. The summed E-state index contributed by atoms with van der Waals surface area (Å²) in [7, 11) is 0. The third kappa shape index (κ3) is 23.2. The Morgan fingerprint density at radius 3 is 0.979 bits per heavy atom. The van der Waals surface area contributed by atoms with Gasteiger partial charge in [-0.05, 0) is 281 Å². The Hall–Kier alpha value is -12.8. The van der Waals surface area contributed by atoms with Crippen molar-refractivity contribution in [1.29, 1.82) is 0 Å². The Labute approximate surface area is 851 Å². The van der Waals surface area contributed by atoms with Gasteiger partial charge in [0, 0.05) is 154 Å². The van der Waals surface area contributed by atoms with Crippen LogP contribution in [0.2, 0.25) is 25.1 Å². The topological polar surface area (TPSA) is 367 Å². The number of carbonyl (C=O) groups is 4. The van der Waals surface area contributed by atoms with Gasteiger partial charge in [0.2, 0.25) is 0 Å². The average Bonchev–Trinajstić information content (AvgIpc) is 1.62. The molecule has 12 N–H and O–H groups in total. The van der Waals surface area contributed by atoms with Crippen LogP contribution in [0.5, 0.6) is 28.7 Å². The number of benzene rings is 10. The molecule has 6 aliphatic heterocycles. The zero-order valence-corrected chi connectivity index (χ0v) is 83.7. The van der Waals surface area contributed by atoms with Crippen LogP contribution in [0.25, 0.3) is 54.5 Å². The van der Waals surface area contributed by atoms with Crippen molar-refractivity contribution in [1.82, 2.24) is 49.8 Å². The number of rotatable bonds is 18.